The molecule has 0 amide bonds. The number of carbonyl (C=O) groups excluding carboxylic acids is 1. The Kier molecular flexibility index (Phi) is 4.10. The Hall–Kier alpha value is -2.16. The van der Waals surface area contributed by atoms with Crippen LogP contribution in [0.4, 0.5) is 0 Å². The summed E-state index contributed by atoms with van der Waals surface area (Å²) >= 11 is 0. The summed E-state index contributed by atoms with van der Waals surface area (Å²) in [6.07, 6.45) is 6.44. The van der Waals surface area contributed by atoms with E-state index in [-0.39, 0.29) is 34.2 Å². The van der Waals surface area contributed by atoms with Crippen LogP contribution in [-0.2, 0) is 0 Å². The number of rotatable bonds is 4. The molecule has 0 radical (unpaired) electrons. The summed E-state index contributed by atoms with van der Waals surface area (Å²) in [5, 5.41) is 9.19. The third-order valence-corrected chi connectivity index (χ3v) is 4.74. The van der Waals surface area contributed by atoms with E-state index in [2.05, 4.69) is 39.8 Å². The van der Waals surface area contributed by atoms with Gasteiger partial charge >= 0.3 is 5.97 Å². The van der Waals surface area contributed by atoms with Crippen molar-refractivity contribution in [2.75, 3.05) is 0 Å². The van der Waals surface area contributed by atoms with E-state index in [1.165, 1.54) is 6.07 Å². The first kappa shape index (κ1) is 16.2. The second-order valence-electron chi connectivity index (χ2n) is 6.95. The van der Waals surface area contributed by atoms with Crippen molar-refractivity contribution in [1.82, 2.24) is 0 Å². The highest BCUT2D eigenvalue weighted by Gasteiger charge is 2.35. The number of carbonyl (C=O) groups is 2. The number of hydrogen-bond acceptors (Lipinski definition) is 2. The highest BCUT2D eigenvalue weighted by atomic mass is 16.4. The van der Waals surface area contributed by atoms with Gasteiger partial charge in [0.25, 0.3) is 0 Å². The molecular weight excluding hydrogens is 276 g/mol. The van der Waals surface area contributed by atoms with Crippen LogP contribution in [0, 0.1) is 10.8 Å². The maximum absolute atomic E-state index is 12.5. The van der Waals surface area contributed by atoms with Crippen molar-refractivity contribution >= 4 is 11.8 Å². The predicted octanol–water partition coefficient (Wildman–Crippen LogP) is 4.51. The minimum absolute atomic E-state index is 0.0263. The number of carboxylic acids is 1. The highest BCUT2D eigenvalue weighted by Crippen LogP contribution is 2.45. The van der Waals surface area contributed by atoms with Gasteiger partial charge in [-0.2, -0.15) is 0 Å². The van der Waals surface area contributed by atoms with E-state index >= 15 is 0 Å². The maximum Gasteiger partial charge on any atom is 0.336 e. The molecule has 2 rings (SSSR count). The van der Waals surface area contributed by atoms with Crippen LogP contribution in [0.15, 0.2) is 48.1 Å². The summed E-state index contributed by atoms with van der Waals surface area (Å²) in [4.78, 5) is 23.7. The fourth-order valence-electron chi connectivity index (χ4n) is 2.53. The molecule has 0 atom stereocenters. The van der Waals surface area contributed by atoms with Crippen molar-refractivity contribution in [2.45, 2.75) is 34.1 Å². The molecule has 0 saturated carbocycles. The summed E-state index contributed by atoms with van der Waals surface area (Å²) in [5.41, 5.74) is 1.25. The highest BCUT2D eigenvalue weighted by molar-refractivity contribution is 6.06. The molecule has 3 nitrogen and oxygen atoms in total. The zero-order valence-corrected chi connectivity index (χ0v) is 13.5. The molecule has 1 aliphatic rings. The number of carboxylic acid groups (broad SMARTS) is 1. The maximum atomic E-state index is 12.5. The number of benzene rings is 1. The molecule has 0 spiro atoms. The monoisotopic (exact) mass is 298 g/mol. The Bertz CT molecular complexity index is 676. The van der Waals surface area contributed by atoms with Crippen LogP contribution in [0.25, 0.3) is 0 Å². The van der Waals surface area contributed by atoms with Gasteiger partial charge in [0.15, 0.2) is 5.78 Å². The van der Waals surface area contributed by atoms with Gasteiger partial charge in [-0.1, -0.05) is 64.1 Å². The molecule has 0 unspecified atom stereocenters. The van der Waals surface area contributed by atoms with Crippen LogP contribution in [-0.4, -0.2) is 16.9 Å². The number of Topliss-reactive ketones (excluding diaryl/α,β-unsaturated/α-hetero) is 1. The minimum atomic E-state index is -1.07. The number of ketones is 1. The van der Waals surface area contributed by atoms with E-state index < -0.39 is 5.97 Å². The SMILES string of the molecule is CC1(C)C=CC(CC(=O)c2ccccc2C(=O)O)=CC1(C)C. The van der Waals surface area contributed by atoms with E-state index in [9.17, 15) is 14.7 Å². The normalized spacial score (nSPS) is 18.6. The Labute approximate surface area is 131 Å². The fraction of sp³-hybridized carbons (Fsp3) is 0.368. The lowest BCUT2D eigenvalue weighted by atomic mass is 9.64. The summed E-state index contributed by atoms with van der Waals surface area (Å²) in [6, 6.07) is 6.37. The van der Waals surface area contributed by atoms with Gasteiger partial charge in [0.05, 0.1) is 5.56 Å². The van der Waals surface area contributed by atoms with E-state index in [0.717, 1.165) is 5.57 Å². The van der Waals surface area contributed by atoms with Crippen molar-refractivity contribution in [3.63, 3.8) is 0 Å². The van der Waals surface area contributed by atoms with Crippen molar-refractivity contribution < 1.29 is 14.7 Å². The Morgan fingerprint density at radius 2 is 1.59 bits per heavy atom. The molecule has 0 bridgehead atoms. The second-order valence-corrected chi connectivity index (χ2v) is 6.95. The van der Waals surface area contributed by atoms with Crippen molar-refractivity contribution in [3.8, 4) is 0 Å². The first-order chi connectivity index (χ1) is 10.1. The van der Waals surface area contributed by atoms with Crippen molar-refractivity contribution in [1.29, 1.82) is 0 Å². The van der Waals surface area contributed by atoms with Gasteiger partial charge in [-0.15, -0.1) is 0 Å². The quantitative estimate of drug-likeness (QED) is 0.832. The van der Waals surface area contributed by atoms with E-state index in [4.69, 9.17) is 0 Å². The number of allylic oxidation sites excluding steroid dienone is 4. The van der Waals surface area contributed by atoms with Crippen molar-refractivity contribution in [3.05, 3.63) is 59.2 Å². The van der Waals surface area contributed by atoms with Crippen LogP contribution < -0.4 is 0 Å². The van der Waals surface area contributed by atoms with Crippen LogP contribution in [0.3, 0.4) is 0 Å². The van der Waals surface area contributed by atoms with Gasteiger partial charge in [-0.25, -0.2) is 4.79 Å². The zero-order valence-electron chi connectivity index (χ0n) is 13.5. The lowest BCUT2D eigenvalue weighted by molar-refractivity contribution is 0.0692. The molecule has 0 fully saturated rings. The third kappa shape index (κ3) is 3.03. The average molecular weight is 298 g/mol. The van der Waals surface area contributed by atoms with Crippen LogP contribution in [0.5, 0.6) is 0 Å². The Morgan fingerprint density at radius 1 is 1.00 bits per heavy atom. The van der Waals surface area contributed by atoms with E-state index in [1.54, 1.807) is 18.2 Å². The number of aromatic carboxylic acids is 1. The number of hydrogen-bond donors (Lipinski definition) is 1. The van der Waals surface area contributed by atoms with Gasteiger partial charge in [0, 0.05) is 12.0 Å². The molecule has 0 heterocycles. The predicted molar refractivity (Wildman–Crippen MR) is 87.1 cm³/mol. The molecule has 0 aromatic heterocycles. The first-order valence-corrected chi connectivity index (χ1v) is 7.40. The van der Waals surface area contributed by atoms with Gasteiger partial charge in [0.1, 0.15) is 0 Å². The van der Waals surface area contributed by atoms with Crippen LogP contribution >= 0.6 is 0 Å². The molecular formula is C19H22O3. The fourth-order valence-corrected chi connectivity index (χ4v) is 2.53. The lowest BCUT2D eigenvalue weighted by Gasteiger charge is -2.40. The van der Waals surface area contributed by atoms with Crippen molar-refractivity contribution in [2.24, 2.45) is 10.8 Å². The summed E-state index contributed by atoms with van der Waals surface area (Å²) in [7, 11) is 0. The van der Waals surface area contributed by atoms with Gasteiger partial charge in [-0.05, 0) is 22.5 Å². The molecule has 3 heteroatoms. The molecule has 1 aliphatic carbocycles. The standard InChI is InChI=1S/C19H22O3/c1-18(2)10-9-13(12-19(18,3)4)11-16(20)14-7-5-6-8-15(14)17(21)22/h5-10,12H,11H2,1-4H3,(H,21,22). The largest absolute Gasteiger partial charge is 0.478 e. The second kappa shape index (κ2) is 5.56. The molecule has 22 heavy (non-hydrogen) atoms. The van der Waals surface area contributed by atoms with Gasteiger partial charge in [0.2, 0.25) is 0 Å². The lowest BCUT2D eigenvalue weighted by Crippen LogP contribution is -2.31. The van der Waals surface area contributed by atoms with E-state index in [0.29, 0.717) is 0 Å². The molecule has 1 aromatic rings. The van der Waals surface area contributed by atoms with Crippen LogP contribution in [0.2, 0.25) is 0 Å². The molecule has 0 aliphatic heterocycles. The molecule has 0 saturated heterocycles. The Morgan fingerprint density at radius 3 is 2.14 bits per heavy atom. The zero-order chi connectivity index (χ0) is 16.5. The molecule has 1 aromatic carbocycles. The molecule has 1 N–H and O–H groups in total. The topological polar surface area (TPSA) is 54.4 Å². The van der Waals surface area contributed by atoms with Gasteiger partial charge < -0.3 is 5.11 Å². The third-order valence-electron chi connectivity index (χ3n) is 4.74. The Balaban J connectivity index is 2.26. The average Bonchev–Trinajstić information content (AvgIpc) is 2.43. The summed E-state index contributed by atoms with van der Waals surface area (Å²) in [6.45, 7) is 8.62. The summed E-state index contributed by atoms with van der Waals surface area (Å²) < 4.78 is 0. The summed E-state index contributed by atoms with van der Waals surface area (Å²) in [5.74, 6) is -1.23. The smallest absolute Gasteiger partial charge is 0.336 e. The minimum Gasteiger partial charge on any atom is -0.478 e. The van der Waals surface area contributed by atoms with Crippen LogP contribution in [0.1, 0.15) is 54.8 Å². The molecule has 116 valence electrons. The van der Waals surface area contributed by atoms with E-state index in [1.807, 2.05) is 6.08 Å². The van der Waals surface area contributed by atoms with Gasteiger partial charge in [-0.3, -0.25) is 4.79 Å². The first-order valence-electron chi connectivity index (χ1n) is 7.40.